The van der Waals surface area contributed by atoms with Crippen LogP contribution in [0.5, 0.6) is 5.75 Å². The third-order valence-corrected chi connectivity index (χ3v) is 5.01. The van der Waals surface area contributed by atoms with Gasteiger partial charge in [0.1, 0.15) is 5.75 Å². The largest absolute Gasteiger partial charge is 0.495 e. The predicted octanol–water partition coefficient (Wildman–Crippen LogP) is 3.14. The zero-order chi connectivity index (χ0) is 20.8. The summed E-state index contributed by atoms with van der Waals surface area (Å²) in [5, 5.41) is 5.69. The number of nitrogens with one attached hydrogen (secondary N) is 2. The highest BCUT2D eigenvalue weighted by Crippen LogP contribution is 2.24. The van der Waals surface area contributed by atoms with Gasteiger partial charge < -0.3 is 20.3 Å². The van der Waals surface area contributed by atoms with Gasteiger partial charge >= 0.3 is 0 Å². The van der Waals surface area contributed by atoms with Crippen molar-refractivity contribution in [1.29, 1.82) is 0 Å². The fraction of sp³-hybridized carbons (Fsp3) is 0.318. The summed E-state index contributed by atoms with van der Waals surface area (Å²) in [6, 6.07) is 13.9. The number of methoxy groups -OCH3 is 1. The number of piperidine rings is 1. The van der Waals surface area contributed by atoms with Gasteiger partial charge in [-0.3, -0.25) is 14.4 Å². The van der Waals surface area contributed by atoms with Gasteiger partial charge in [0.25, 0.3) is 5.91 Å². The van der Waals surface area contributed by atoms with Crippen LogP contribution in [0.25, 0.3) is 0 Å². The Kier molecular flexibility index (Phi) is 6.49. The molecule has 29 heavy (non-hydrogen) atoms. The smallest absolute Gasteiger partial charge is 0.255 e. The van der Waals surface area contributed by atoms with E-state index >= 15 is 0 Å². The third kappa shape index (κ3) is 5.13. The summed E-state index contributed by atoms with van der Waals surface area (Å²) < 4.78 is 5.24. The van der Waals surface area contributed by atoms with Crippen LogP contribution in [0.3, 0.4) is 0 Å². The zero-order valence-electron chi connectivity index (χ0n) is 16.6. The zero-order valence-corrected chi connectivity index (χ0v) is 16.6. The van der Waals surface area contributed by atoms with Crippen molar-refractivity contribution in [3.63, 3.8) is 0 Å². The number of anilines is 2. The second-order valence-corrected chi connectivity index (χ2v) is 7.03. The van der Waals surface area contributed by atoms with Gasteiger partial charge in [-0.15, -0.1) is 0 Å². The molecule has 0 aromatic heterocycles. The van der Waals surface area contributed by atoms with Crippen molar-refractivity contribution in [1.82, 2.24) is 4.90 Å². The molecule has 0 spiro atoms. The SMILES string of the molecule is COc1ccccc1NC(=O)c1ccc(NC(=O)[C@H]2CCCN(C(C)=O)C2)cc1. The Morgan fingerprint density at radius 2 is 1.76 bits per heavy atom. The van der Waals surface area contributed by atoms with E-state index in [-0.39, 0.29) is 23.6 Å². The summed E-state index contributed by atoms with van der Waals surface area (Å²) >= 11 is 0. The molecule has 1 aliphatic rings. The number of likely N-dealkylation sites (tertiary alicyclic amines) is 1. The van der Waals surface area contributed by atoms with Gasteiger partial charge in [-0.05, 0) is 49.2 Å². The van der Waals surface area contributed by atoms with Crippen molar-refractivity contribution in [2.75, 3.05) is 30.8 Å². The van der Waals surface area contributed by atoms with Crippen LogP contribution in [0, 0.1) is 5.92 Å². The van der Waals surface area contributed by atoms with Crippen molar-refractivity contribution < 1.29 is 19.1 Å². The minimum atomic E-state index is -0.267. The molecule has 2 N–H and O–H groups in total. The first-order valence-electron chi connectivity index (χ1n) is 9.58. The number of amides is 3. The quantitative estimate of drug-likeness (QED) is 0.814. The van der Waals surface area contributed by atoms with E-state index in [9.17, 15) is 14.4 Å². The molecule has 0 aliphatic carbocycles. The lowest BCUT2D eigenvalue weighted by Gasteiger charge is -2.31. The Labute approximate surface area is 170 Å². The molecule has 0 unspecified atom stereocenters. The summed E-state index contributed by atoms with van der Waals surface area (Å²) in [7, 11) is 1.55. The Bertz CT molecular complexity index is 895. The molecule has 0 saturated carbocycles. The van der Waals surface area contributed by atoms with E-state index in [0.29, 0.717) is 35.8 Å². The Morgan fingerprint density at radius 1 is 1.03 bits per heavy atom. The molecule has 2 aromatic carbocycles. The molecular weight excluding hydrogens is 370 g/mol. The molecule has 0 bridgehead atoms. The van der Waals surface area contributed by atoms with Gasteiger partial charge in [0.15, 0.2) is 0 Å². The number of ether oxygens (including phenoxy) is 1. The first-order valence-corrected chi connectivity index (χ1v) is 9.58. The fourth-order valence-electron chi connectivity index (χ4n) is 3.37. The molecule has 1 saturated heterocycles. The average molecular weight is 395 g/mol. The normalized spacial score (nSPS) is 16.1. The monoisotopic (exact) mass is 395 g/mol. The second-order valence-electron chi connectivity index (χ2n) is 7.03. The van der Waals surface area contributed by atoms with Crippen molar-refractivity contribution in [2.24, 2.45) is 5.92 Å². The van der Waals surface area contributed by atoms with Crippen LogP contribution in [0.4, 0.5) is 11.4 Å². The van der Waals surface area contributed by atoms with Gasteiger partial charge in [-0.1, -0.05) is 12.1 Å². The molecule has 2 aromatic rings. The second kappa shape index (κ2) is 9.23. The third-order valence-electron chi connectivity index (χ3n) is 5.01. The lowest BCUT2D eigenvalue weighted by molar-refractivity contribution is -0.132. The lowest BCUT2D eigenvalue weighted by Crippen LogP contribution is -2.42. The van der Waals surface area contributed by atoms with Crippen LogP contribution in [0.1, 0.15) is 30.1 Å². The highest BCUT2D eigenvalue weighted by atomic mass is 16.5. The summed E-state index contributed by atoms with van der Waals surface area (Å²) in [4.78, 5) is 38.2. The molecule has 152 valence electrons. The topological polar surface area (TPSA) is 87.7 Å². The van der Waals surface area contributed by atoms with E-state index in [4.69, 9.17) is 4.74 Å². The number of hydrogen-bond donors (Lipinski definition) is 2. The minimum Gasteiger partial charge on any atom is -0.495 e. The molecule has 7 nitrogen and oxygen atoms in total. The van der Waals surface area contributed by atoms with Gasteiger partial charge in [0.05, 0.1) is 18.7 Å². The van der Waals surface area contributed by atoms with Crippen molar-refractivity contribution in [2.45, 2.75) is 19.8 Å². The Morgan fingerprint density at radius 3 is 2.45 bits per heavy atom. The number of nitrogens with zero attached hydrogens (tertiary/aromatic N) is 1. The number of para-hydroxylation sites is 2. The molecule has 1 atom stereocenters. The van der Waals surface area contributed by atoms with Crippen LogP contribution >= 0.6 is 0 Å². The molecular formula is C22H25N3O4. The number of carbonyl (C=O) groups is 3. The van der Waals surface area contributed by atoms with Gasteiger partial charge in [0, 0.05) is 31.3 Å². The molecule has 1 fully saturated rings. The van der Waals surface area contributed by atoms with Crippen LogP contribution in [0.15, 0.2) is 48.5 Å². The Hall–Kier alpha value is -3.35. The Balaban J connectivity index is 1.60. The molecule has 3 rings (SSSR count). The molecule has 1 heterocycles. The van der Waals surface area contributed by atoms with Gasteiger partial charge in [-0.25, -0.2) is 0 Å². The van der Waals surface area contributed by atoms with Crippen LogP contribution in [-0.4, -0.2) is 42.8 Å². The fourth-order valence-corrected chi connectivity index (χ4v) is 3.37. The van der Waals surface area contributed by atoms with Crippen LogP contribution in [0.2, 0.25) is 0 Å². The maximum absolute atomic E-state index is 12.5. The van der Waals surface area contributed by atoms with E-state index in [1.165, 1.54) is 6.92 Å². The van der Waals surface area contributed by atoms with Crippen LogP contribution in [-0.2, 0) is 9.59 Å². The van der Waals surface area contributed by atoms with E-state index in [1.54, 1.807) is 48.4 Å². The summed E-state index contributed by atoms with van der Waals surface area (Å²) in [6.45, 7) is 2.67. The van der Waals surface area contributed by atoms with Crippen molar-refractivity contribution in [3.05, 3.63) is 54.1 Å². The number of hydrogen-bond acceptors (Lipinski definition) is 4. The van der Waals surface area contributed by atoms with E-state index in [1.807, 2.05) is 12.1 Å². The maximum atomic E-state index is 12.5. The summed E-state index contributed by atoms with van der Waals surface area (Å²) in [5.74, 6) is -0.0233. The maximum Gasteiger partial charge on any atom is 0.255 e. The molecule has 3 amide bonds. The first kappa shape index (κ1) is 20.4. The first-order chi connectivity index (χ1) is 14.0. The minimum absolute atomic E-state index is 0.00656. The standard InChI is InChI=1S/C22H25N3O4/c1-15(26)25-13-5-6-17(14-25)22(28)23-18-11-9-16(10-12-18)21(27)24-19-7-3-4-8-20(19)29-2/h3-4,7-12,17H,5-6,13-14H2,1-2H3,(H,23,28)(H,24,27)/t17-/m0/s1. The van der Waals surface area contributed by atoms with Crippen molar-refractivity contribution >= 4 is 29.1 Å². The predicted molar refractivity (Wildman–Crippen MR) is 111 cm³/mol. The number of rotatable bonds is 5. The molecule has 7 heteroatoms. The lowest BCUT2D eigenvalue weighted by atomic mass is 9.97. The average Bonchev–Trinajstić information content (AvgIpc) is 2.74. The highest BCUT2D eigenvalue weighted by Gasteiger charge is 2.27. The van der Waals surface area contributed by atoms with Gasteiger partial charge in [-0.2, -0.15) is 0 Å². The molecule has 0 radical (unpaired) electrons. The van der Waals surface area contributed by atoms with E-state index < -0.39 is 0 Å². The number of benzene rings is 2. The van der Waals surface area contributed by atoms with Gasteiger partial charge in [0.2, 0.25) is 11.8 Å². The summed E-state index contributed by atoms with van der Waals surface area (Å²) in [5.41, 5.74) is 1.67. The van der Waals surface area contributed by atoms with Crippen LogP contribution < -0.4 is 15.4 Å². The highest BCUT2D eigenvalue weighted by molar-refractivity contribution is 6.05. The van der Waals surface area contributed by atoms with E-state index in [2.05, 4.69) is 10.6 Å². The van der Waals surface area contributed by atoms with Crippen molar-refractivity contribution in [3.8, 4) is 5.75 Å². The number of carbonyl (C=O) groups excluding carboxylic acids is 3. The molecule has 1 aliphatic heterocycles. The van der Waals surface area contributed by atoms with E-state index in [0.717, 1.165) is 12.8 Å². The summed E-state index contributed by atoms with van der Waals surface area (Å²) in [6.07, 6.45) is 1.58.